The first-order valence-corrected chi connectivity index (χ1v) is 2.31. The van der Waals surface area contributed by atoms with E-state index in [1.54, 1.807) is 0 Å². The van der Waals surface area contributed by atoms with Gasteiger partial charge in [-0.1, -0.05) is 0 Å². The van der Waals surface area contributed by atoms with Crippen LogP contribution in [0.15, 0.2) is 0 Å². The van der Waals surface area contributed by atoms with E-state index in [1.807, 2.05) is 0 Å². The van der Waals surface area contributed by atoms with Gasteiger partial charge in [-0.3, -0.25) is 4.79 Å². The molecule has 40 valence electrons. The smallest absolute Gasteiger partial charge is 0.221 e. The zero-order valence-electron chi connectivity index (χ0n) is 3.98. The van der Waals surface area contributed by atoms with E-state index in [-0.39, 0.29) is 11.9 Å². The lowest BCUT2D eigenvalue weighted by molar-refractivity contribution is -0.119. The van der Waals surface area contributed by atoms with E-state index in [2.05, 4.69) is 5.32 Å². The van der Waals surface area contributed by atoms with E-state index in [0.717, 1.165) is 0 Å². The molecule has 1 saturated heterocycles. The van der Waals surface area contributed by atoms with Crippen LogP contribution in [-0.2, 0) is 4.79 Å². The summed E-state index contributed by atoms with van der Waals surface area (Å²) in [5.74, 6) is 0.0764. The fourth-order valence-electron chi connectivity index (χ4n) is 0.627. The van der Waals surface area contributed by atoms with Crippen LogP contribution >= 0.6 is 0 Å². The molecule has 0 saturated carbocycles. The lowest BCUT2D eigenvalue weighted by Crippen LogP contribution is -2.22. The minimum Gasteiger partial charge on any atom is -0.354 e. The minimum atomic E-state index is 0.0625. The van der Waals surface area contributed by atoms with Crippen molar-refractivity contribution in [1.82, 2.24) is 5.32 Å². The Balaban J connectivity index is 2.40. The minimum absolute atomic E-state index is 0.0625. The Bertz CT molecular complexity index is 91.7. The topological polar surface area (TPSA) is 55.1 Å². The van der Waals surface area contributed by atoms with Gasteiger partial charge in [-0.05, 0) is 0 Å². The van der Waals surface area contributed by atoms with Crippen LogP contribution in [0.1, 0.15) is 6.42 Å². The predicted octanol–water partition coefficient (Wildman–Crippen LogP) is -1.17. The van der Waals surface area contributed by atoms with Crippen LogP contribution < -0.4 is 11.1 Å². The molecule has 1 heterocycles. The molecule has 0 unspecified atom stereocenters. The summed E-state index contributed by atoms with van der Waals surface area (Å²) in [6.45, 7) is 0.652. The number of hydrogen-bond acceptors (Lipinski definition) is 2. The Labute approximate surface area is 41.9 Å². The molecule has 0 aromatic heterocycles. The Kier molecular flexibility index (Phi) is 0.982. The van der Waals surface area contributed by atoms with Crippen LogP contribution in [0.3, 0.4) is 0 Å². The Hall–Kier alpha value is -0.570. The highest BCUT2D eigenvalue weighted by molar-refractivity contribution is 5.78. The van der Waals surface area contributed by atoms with Gasteiger partial charge in [0.2, 0.25) is 5.91 Å². The summed E-state index contributed by atoms with van der Waals surface area (Å²) in [5, 5.41) is 2.61. The normalized spacial score (nSPS) is 30.4. The highest BCUT2D eigenvalue weighted by Gasteiger charge is 2.15. The summed E-state index contributed by atoms with van der Waals surface area (Å²) in [5.41, 5.74) is 5.34. The quantitative estimate of drug-likeness (QED) is 0.403. The predicted molar refractivity (Wildman–Crippen MR) is 25.6 cm³/mol. The van der Waals surface area contributed by atoms with Gasteiger partial charge in [-0.2, -0.15) is 0 Å². The second-order valence-corrected chi connectivity index (χ2v) is 1.77. The largest absolute Gasteiger partial charge is 0.354 e. The number of carbonyl (C=O) groups is 1. The maximum Gasteiger partial charge on any atom is 0.221 e. The first kappa shape index (κ1) is 4.59. The van der Waals surface area contributed by atoms with Gasteiger partial charge in [-0.15, -0.1) is 0 Å². The lowest BCUT2D eigenvalue weighted by atomic mass is 10.3. The molecule has 1 aliphatic rings. The van der Waals surface area contributed by atoms with Gasteiger partial charge in [0.25, 0.3) is 0 Å². The third-order valence-corrected chi connectivity index (χ3v) is 1.01. The van der Waals surface area contributed by atoms with Gasteiger partial charge >= 0.3 is 0 Å². The number of rotatable bonds is 0. The van der Waals surface area contributed by atoms with Crippen molar-refractivity contribution in [3.05, 3.63) is 0 Å². The van der Waals surface area contributed by atoms with Crippen molar-refractivity contribution in [2.45, 2.75) is 12.5 Å². The first-order valence-electron chi connectivity index (χ1n) is 2.31. The molecule has 3 heteroatoms. The van der Waals surface area contributed by atoms with Crippen molar-refractivity contribution in [3.63, 3.8) is 0 Å². The van der Waals surface area contributed by atoms with Crippen LogP contribution in [0.4, 0.5) is 0 Å². The highest BCUT2D eigenvalue weighted by Crippen LogP contribution is 1.92. The second-order valence-electron chi connectivity index (χ2n) is 1.77. The lowest BCUT2D eigenvalue weighted by Gasteiger charge is -1.90. The van der Waals surface area contributed by atoms with Gasteiger partial charge in [0.15, 0.2) is 0 Å². The third-order valence-electron chi connectivity index (χ3n) is 1.01. The maximum atomic E-state index is 10.3. The van der Waals surface area contributed by atoms with Gasteiger partial charge in [0, 0.05) is 19.0 Å². The zero-order chi connectivity index (χ0) is 5.28. The molecule has 0 spiro atoms. The molecule has 0 bridgehead atoms. The molecular weight excluding hydrogens is 92.1 g/mol. The van der Waals surface area contributed by atoms with Gasteiger partial charge in [0.05, 0.1) is 0 Å². The van der Waals surface area contributed by atoms with Crippen LogP contribution in [0.5, 0.6) is 0 Å². The van der Waals surface area contributed by atoms with Gasteiger partial charge < -0.3 is 11.1 Å². The molecule has 1 atom stereocenters. The highest BCUT2D eigenvalue weighted by atomic mass is 16.1. The fraction of sp³-hybridized carbons (Fsp3) is 0.750. The molecule has 0 aliphatic carbocycles. The van der Waals surface area contributed by atoms with Gasteiger partial charge in [-0.25, -0.2) is 0 Å². The second kappa shape index (κ2) is 1.50. The van der Waals surface area contributed by atoms with Crippen molar-refractivity contribution < 1.29 is 4.79 Å². The summed E-state index contributed by atoms with van der Waals surface area (Å²) >= 11 is 0. The van der Waals surface area contributed by atoms with E-state index in [4.69, 9.17) is 5.73 Å². The fourth-order valence-corrected chi connectivity index (χ4v) is 0.627. The Morgan fingerprint density at radius 3 is 2.71 bits per heavy atom. The van der Waals surface area contributed by atoms with Crippen LogP contribution in [-0.4, -0.2) is 18.5 Å². The van der Waals surface area contributed by atoms with Crippen molar-refractivity contribution >= 4 is 5.91 Å². The monoisotopic (exact) mass is 100 g/mol. The van der Waals surface area contributed by atoms with Crippen molar-refractivity contribution in [1.29, 1.82) is 0 Å². The molecule has 1 fully saturated rings. The molecular formula is C4H8N2O. The van der Waals surface area contributed by atoms with Crippen molar-refractivity contribution in [2.24, 2.45) is 5.73 Å². The number of hydrogen-bond donors (Lipinski definition) is 2. The summed E-state index contributed by atoms with van der Waals surface area (Å²) in [4.78, 5) is 10.3. The SMILES string of the molecule is N[C@@H]1CNC(=O)C1. The molecule has 1 aliphatic heterocycles. The summed E-state index contributed by atoms with van der Waals surface area (Å²) in [7, 11) is 0. The molecule has 0 radical (unpaired) electrons. The molecule has 3 nitrogen and oxygen atoms in total. The summed E-state index contributed by atoms with van der Waals surface area (Å²) < 4.78 is 0. The van der Waals surface area contributed by atoms with Crippen molar-refractivity contribution in [3.8, 4) is 0 Å². The Morgan fingerprint density at radius 2 is 2.57 bits per heavy atom. The average molecular weight is 100 g/mol. The van der Waals surface area contributed by atoms with E-state index < -0.39 is 0 Å². The summed E-state index contributed by atoms with van der Waals surface area (Å²) in [6, 6.07) is 0.0625. The summed E-state index contributed by atoms with van der Waals surface area (Å²) in [6.07, 6.45) is 0.500. The van der Waals surface area contributed by atoms with E-state index in [0.29, 0.717) is 13.0 Å². The van der Waals surface area contributed by atoms with E-state index in [9.17, 15) is 4.79 Å². The van der Waals surface area contributed by atoms with Gasteiger partial charge in [0.1, 0.15) is 0 Å². The number of carbonyl (C=O) groups excluding carboxylic acids is 1. The van der Waals surface area contributed by atoms with E-state index in [1.165, 1.54) is 0 Å². The Morgan fingerprint density at radius 1 is 1.86 bits per heavy atom. The van der Waals surface area contributed by atoms with Crippen molar-refractivity contribution in [2.75, 3.05) is 6.54 Å². The number of nitrogens with two attached hydrogens (primary N) is 1. The number of amides is 1. The average Bonchev–Trinajstić information content (AvgIpc) is 1.87. The van der Waals surface area contributed by atoms with Crippen LogP contribution in [0.25, 0.3) is 0 Å². The maximum absolute atomic E-state index is 10.3. The van der Waals surface area contributed by atoms with E-state index >= 15 is 0 Å². The number of nitrogens with one attached hydrogen (secondary N) is 1. The molecule has 3 N–H and O–H groups in total. The molecule has 0 aromatic carbocycles. The molecule has 1 amide bonds. The van der Waals surface area contributed by atoms with Crippen LogP contribution in [0.2, 0.25) is 0 Å². The zero-order valence-corrected chi connectivity index (χ0v) is 3.98. The molecule has 1 rings (SSSR count). The standard InChI is InChI=1S/C4H8N2O/c5-3-1-4(7)6-2-3/h3H,1-2,5H2,(H,6,7)/t3-/m0/s1. The van der Waals surface area contributed by atoms with Crippen LogP contribution in [0, 0.1) is 0 Å². The molecule has 0 aromatic rings. The first-order chi connectivity index (χ1) is 3.29. The molecule has 7 heavy (non-hydrogen) atoms. The third kappa shape index (κ3) is 0.899.